The Balaban J connectivity index is 2.43. The zero-order valence-electron chi connectivity index (χ0n) is 9.93. The molecule has 1 aromatic carbocycles. The van der Waals surface area contributed by atoms with E-state index in [9.17, 15) is 17.6 Å². The summed E-state index contributed by atoms with van der Waals surface area (Å²) in [5.41, 5.74) is -0.283. The molecule has 0 aliphatic rings. The molecule has 0 saturated carbocycles. The third kappa shape index (κ3) is 3.44. The van der Waals surface area contributed by atoms with Gasteiger partial charge < -0.3 is 9.52 Å². The van der Waals surface area contributed by atoms with Crippen molar-refractivity contribution in [2.75, 3.05) is 4.72 Å². The second-order valence-corrected chi connectivity index (χ2v) is 7.07. The van der Waals surface area contributed by atoms with Gasteiger partial charge in [0.25, 0.3) is 10.0 Å². The fourth-order valence-corrected chi connectivity index (χ4v) is 3.78. The molecule has 2 N–H and O–H groups in total. The molecule has 0 radical (unpaired) electrons. The van der Waals surface area contributed by atoms with Gasteiger partial charge in [0.2, 0.25) is 5.76 Å². The van der Waals surface area contributed by atoms with E-state index in [4.69, 9.17) is 9.52 Å². The van der Waals surface area contributed by atoms with E-state index in [1.165, 1.54) is 12.1 Å². The van der Waals surface area contributed by atoms with Crippen molar-refractivity contribution >= 4 is 53.5 Å². The Bertz CT molecular complexity index is 818. The van der Waals surface area contributed by atoms with Crippen molar-refractivity contribution in [3.63, 3.8) is 0 Å². The van der Waals surface area contributed by atoms with E-state index in [2.05, 4.69) is 31.9 Å². The molecule has 1 heterocycles. The number of aromatic carboxylic acids is 1. The van der Waals surface area contributed by atoms with Crippen LogP contribution >= 0.6 is 31.9 Å². The number of hydrogen-bond acceptors (Lipinski definition) is 4. The molecule has 0 atom stereocenters. The summed E-state index contributed by atoms with van der Waals surface area (Å²) in [5, 5.41) is 8.76. The van der Waals surface area contributed by atoms with Crippen molar-refractivity contribution in [1.29, 1.82) is 0 Å². The standard InChI is InChI=1S/C11H6Br2FNO5S/c12-5-1-2-6(14)7(3-5)15-21(18,19)9-4-8(11(16)17)20-10(9)13/h1-4,15H,(H,16,17). The molecule has 6 nitrogen and oxygen atoms in total. The number of anilines is 1. The number of benzene rings is 1. The SMILES string of the molecule is O=C(O)c1cc(S(=O)(=O)Nc2cc(Br)ccc2F)c(Br)o1. The van der Waals surface area contributed by atoms with Crippen LogP contribution in [0.15, 0.2) is 42.7 Å². The average molecular weight is 443 g/mol. The Hall–Kier alpha value is -1.39. The summed E-state index contributed by atoms with van der Waals surface area (Å²) in [6, 6.07) is 4.54. The lowest BCUT2D eigenvalue weighted by atomic mass is 10.3. The molecule has 0 amide bonds. The maximum atomic E-state index is 13.6. The maximum Gasteiger partial charge on any atom is 0.371 e. The summed E-state index contributed by atoms with van der Waals surface area (Å²) < 4.78 is 44.8. The lowest BCUT2D eigenvalue weighted by Gasteiger charge is -2.08. The van der Waals surface area contributed by atoms with Crippen molar-refractivity contribution < 1.29 is 27.1 Å². The van der Waals surface area contributed by atoms with Gasteiger partial charge in [-0.15, -0.1) is 0 Å². The van der Waals surface area contributed by atoms with Crippen LogP contribution in [0.1, 0.15) is 10.6 Å². The summed E-state index contributed by atoms with van der Waals surface area (Å²) >= 11 is 5.91. The van der Waals surface area contributed by atoms with Crippen LogP contribution in [0.2, 0.25) is 0 Å². The first kappa shape index (κ1) is 16.0. The third-order valence-corrected chi connectivity index (χ3v) is 5.04. The molecule has 0 aliphatic heterocycles. The topological polar surface area (TPSA) is 96.6 Å². The molecule has 10 heteroatoms. The highest BCUT2D eigenvalue weighted by molar-refractivity contribution is 9.10. The van der Waals surface area contributed by atoms with Crippen LogP contribution in [0.3, 0.4) is 0 Å². The van der Waals surface area contributed by atoms with Crippen LogP contribution in [-0.4, -0.2) is 19.5 Å². The molecule has 2 aromatic rings. The van der Waals surface area contributed by atoms with Gasteiger partial charge in [0.1, 0.15) is 10.7 Å². The second-order valence-electron chi connectivity index (χ2n) is 3.78. The number of furan rings is 1. The van der Waals surface area contributed by atoms with Crippen LogP contribution in [-0.2, 0) is 10.0 Å². The first-order valence-electron chi connectivity index (χ1n) is 5.21. The zero-order valence-corrected chi connectivity index (χ0v) is 13.9. The van der Waals surface area contributed by atoms with Crippen molar-refractivity contribution in [3.8, 4) is 0 Å². The molecule has 0 fully saturated rings. The zero-order chi connectivity index (χ0) is 15.8. The molecule has 0 spiro atoms. The van der Waals surface area contributed by atoms with Gasteiger partial charge in [0.05, 0.1) is 5.69 Å². The van der Waals surface area contributed by atoms with E-state index in [1.807, 2.05) is 4.72 Å². The Morgan fingerprint density at radius 3 is 2.52 bits per heavy atom. The van der Waals surface area contributed by atoms with Gasteiger partial charge in [0, 0.05) is 10.5 Å². The lowest BCUT2D eigenvalue weighted by Crippen LogP contribution is -2.13. The molecule has 2 rings (SSSR count). The highest BCUT2D eigenvalue weighted by Crippen LogP contribution is 2.29. The summed E-state index contributed by atoms with van der Waals surface area (Å²) in [6.07, 6.45) is 0. The van der Waals surface area contributed by atoms with Crippen LogP contribution < -0.4 is 4.72 Å². The highest BCUT2D eigenvalue weighted by atomic mass is 79.9. The number of carbonyl (C=O) groups is 1. The largest absolute Gasteiger partial charge is 0.475 e. The first-order valence-corrected chi connectivity index (χ1v) is 8.28. The summed E-state index contributed by atoms with van der Waals surface area (Å²) in [4.78, 5) is 10.3. The van der Waals surface area contributed by atoms with E-state index in [0.29, 0.717) is 4.47 Å². The number of carboxylic acid groups (broad SMARTS) is 1. The normalized spacial score (nSPS) is 11.4. The smallest absolute Gasteiger partial charge is 0.371 e. The minimum atomic E-state index is -4.21. The fraction of sp³-hybridized carbons (Fsp3) is 0. The number of rotatable bonds is 4. The van der Waals surface area contributed by atoms with Crippen LogP contribution in [0.4, 0.5) is 10.1 Å². The first-order chi connectivity index (χ1) is 9.70. The molecular weight excluding hydrogens is 437 g/mol. The Labute approximate surface area is 135 Å². The number of hydrogen-bond donors (Lipinski definition) is 2. The van der Waals surface area contributed by atoms with Gasteiger partial charge in [-0.05, 0) is 34.1 Å². The van der Waals surface area contributed by atoms with Gasteiger partial charge in [0.15, 0.2) is 4.67 Å². The van der Waals surface area contributed by atoms with E-state index >= 15 is 0 Å². The predicted octanol–water partition coefficient (Wildman–Crippen LogP) is 3.44. The minimum Gasteiger partial charge on any atom is -0.475 e. The quantitative estimate of drug-likeness (QED) is 0.755. The monoisotopic (exact) mass is 441 g/mol. The molecule has 0 bridgehead atoms. The molecule has 112 valence electrons. The van der Waals surface area contributed by atoms with Gasteiger partial charge in [-0.3, -0.25) is 4.72 Å². The average Bonchev–Trinajstić information content (AvgIpc) is 2.77. The maximum absolute atomic E-state index is 13.6. The number of halogens is 3. The molecule has 0 unspecified atom stereocenters. The fourth-order valence-electron chi connectivity index (χ4n) is 1.42. The summed E-state index contributed by atoms with van der Waals surface area (Å²) in [5.74, 6) is -2.76. The van der Waals surface area contributed by atoms with Crippen LogP contribution in [0.5, 0.6) is 0 Å². The summed E-state index contributed by atoms with van der Waals surface area (Å²) in [6.45, 7) is 0. The number of nitrogens with one attached hydrogen (secondary N) is 1. The Kier molecular flexibility index (Phi) is 4.40. The molecule has 1 aromatic heterocycles. The van der Waals surface area contributed by atoms with Gasteiger partial charge in [-0.25, -0.2) is 17.6 Å². The number of sulfonamides is 1. The lowest BCUT2D eigenvalue weighted by molar-refractivity contribution is 0.0661. The predicted molar refractivity (Wildman–Crippen MR) is 78.3 cm³/mol. The molecule has 0 saturated heterocycles. The van der Waals surface area contributed by atoms with Crippen molar-refractivity contribution in [2.24, 2.45) is 0 Å². The van der Waals surface area contributed by atoms with Crippen molar-refractivity contribution in [3.05, 3.63) is 45.0 Å². The van der Waals surface area contributed by atoms with Gasteiger partial charge in [-0.1, -0.05) is 15.9 Å². The van der Waals surface area contributed by atoms with Crippen LogP contribution in [0, 0.1) is 5.82 Å². The van der Waals surface area contributed by atoms with Gasteiger partial charge >= 0.3 is 5.97 Å². The van der Waals surface area contributed by atoms with Crippen LogP contribution in [0.25, 0.3) is 0 Å². The highest BCUT2D eigenvalue weighted by Gasteiger charge is 2.25. The Morgan fingerprint density at radius 2 is 1.95 bits per heavy atom. The van der Waals surface area contributed by atoms with E-state index < -0.39 is 32.5 Å². The molecule has 21 heavy (non-hydrogen) atoms. The summed E-state index contributed by atoms with van der Waals surface area (Å²) in [7, 11) is -4.21. The van der Waals surface area contributed by atoms with Gasteiger partial charge in [-0.2, -0.15) is 0 Å². The third-order valence-electron chi connectivity index (χ3n) is 2.33. The molecule has 0 aliphatic carbocycles. The number of carboxylic acids is 1. The minimum absolute atomic E-state index is 0.283. The van der Waals surface area contributed by atoms with Crippen molar-refractivity contribution in [2.45, 2.75) is 4.90 Å². The second kappa shape index (κ2) is 5.78. The van der Waals surface area contributed by atoms with Crippen molar-refractivity contribution in [1.82, 2.24) is 0 Å². The van der Waals surface area contributed by atoms with E-state index in [1.54, 1.807) is 0 Å². The molecular formula is C11H6Br2FNO5S. The van der Waals surface area contributed by atoms with E-state index in [-0.39, 0.29) is 10.4 Å². The van der Waals surface area contributed by atoms with E-state index in [0.717, 1.165) is 12.1 Å². The Morgan fingerprint density at radius 1 is 1.29 bits per heavy atom.